The molecule has 0 aliphatic carbocycles. The zero-order valence-corrected chi connectivity index (χ0v) is 13.6. The van der Waals surface area contributed by atoms with Crippen LogP contribution >= 0.6 is 0 Å². The van der Waals surface area contributed by atoms with Crippen molar-refractivity contribution in [1.82, 2.24) is 14.9 Å². The Morgan fingerprint density at radius 1 is 1.17 bits per heavy atom. The quantitative estimate of drug-likeness (QED) is 0.832. The number of amides is 1. The predicted octanol–water partition coefficient (Wildman–Crippen LogP) is 1.79. The Morgan fingerprint density at radius 3 is 2.75 bits per heavy atom. The van der Waals surface area contributed by atoms with Crippen LogP contribution in [0.25, 0.3) is 0 Å². The summed E-state index contributed by atoms with van der Waals surface area (Å²) in [6.07, 6.45) is 3.66. The minimum Gasteiger partial charge on any atom is -0.496 e. The lowest BCUT2D eigenvalue weighted by Gasteiger charge is -2.18. The summed E-state index contributed by atoms with van der Waals surface area (Å²) >= 11 is 0. The summed E-state index contributed by atoms with van der Waals surface area (Å²) in [7, 11) is 3.08. The molecule has 1 aliphatic heterocycles. The molecule has 3 rings (SSSR count). The second-order valence-corrected chi connectivity index (χ2v) is 5.38. The molecule has 1 unspecified atom stereocenters. The minimum absolute atomic E-state index is 0.0599. The molecule has 126 valence electrons. The molecule has 1 fully saturated rings. The highest BCUT2D eigenvalue weighted by Crippen LogP contribution is 2.23. The second kappa shape index (κ2) is 7.16. The summed E-state index contributed by atoms with van der Waals surface area (Å²) in [6, 6.07) is 7.21. The van der Waals surface area contributed by atoms with E-state index < -0.39 is 0 Å². The van der Waals surface area contributed by atoms with Gasteiger partial charge < -0.3 is 19.1 Å². The third-order valence-corrected chi connectivity index (χ3v) is 3.86. The molecule has 1 atom stereocenters. The molecular formula is C17H19N3O4. The van der Waals surface area contributed by atoms with Crippen LogP contribution in [0.4, 0.5) is 0 Å². The highest BCUT2D eigenvalue weighted by atomic mass is 16.5. The van der Waals surface area contributed by atoms with Gasteiger partial charge in [-0.15, -0.1) is 0 Å². The fraction of sp³-hybridized carbons (Fsp3) is 0.353. The van der Waals surface area contributed by atoms with Gasteiger partial charge in [0.25, 0.3) is 5.91 Å². The molecule has 7 nitrogen and oxygen atoms in total. The van der Waals surface area contributed by atoms with Gasteiger partial charge in [-0.25, -0.2) is 0 Å². The first-order valence-electron chi connectivity index (χ1n) is 7.66. The lowest BCUT2D eigenvalue weighted by molar-refractivity contribution is 0.0767. The van der Waals surface area contributed by atoms with E-state index in [1.54, 1.807) is 24.1 Å². The van der Waals surface area contributed by atoms with Crippen LogP contribution in [-0.2, 0) is 0 Å². The van der Waals surface area contributed by atoms with E-state index in [2.05, 4.69) is 9.97 Å². The Bertz CT molecular complexity index is 722. The van der Waals surface area contributed by atoms with Crippen molar-refractivity contribution in [1.29, 1.82) is 0 Å². The summed E-state index contributed by atoms with van der Waals surface area (Å²) in [5.74, 6) is 1.30. The first kappa shape index (κ1) is 16.0. The lowest BCUT2D eigenvalue weighted by Crippen LogP contribution is -2.31. The number of para-hydroxylation sites is 1. The monoisotopic (exact) mass is 329 g/mol. The third kappa shape index (κ3) is 3.40. The number of aromatic nitrogens is 2. The van der Waals surface area contributed by atoms with E-state index in [0.717, 1.165) is 6.42 Å². The Morgan fingerprint density at radius 2 is 1.96 bits per heavy atom. The number of nitrogens with zero attached hydrogens (tertiary/aromatic N) is 3. The maximum atomic E-state index is 12.7. The van der Waals surface area contributed by atoms with Gasteiger partial charge in [-0.2, -0.15) is 4.98 Å². The molecule has 2 heterocycles. The number of hydrogen-bond acceptors (Lipinski definition) is 6. The number of carbonyl (C=O) groups excluding carboxylic acids is 1. The van der Waals surface area contributed by atoms with E-state index in [9.17, 15) is 4.79 Å². The maximum Gasteiger partial charge on any atom is 0.257 e. The molecule has 2 aromatic rings. The van der Waals surface area contributed by atoms with Crippen molar-refractivity contribution >= 4 is 5.91 Å². The number of ether oxygens (including phenoxy) is 3. The first-order chi connectivity index (χ1) is 11.7. The summed E-state index contributed by atoms with van der Waals surface area (Å²) < 4.78 is 16.1. The van der Waals surface area contributed by atoms with Crippen molar-refractivity contribution in [2.45, 2.75) is 12.5 Å². The highest BCUT2D eigenvalue weighted by molar-refractivity contribution is 5.97. The van der Waals surface area contributed by atoms with Crippen molar-refractivity contribution < 1.29 is 19.0 Å². The zero-order chi connectivity index (χ0) is 16.9. The summed E-state index contributed by atoms with van der Waals surface area (Å²) in [5.41, 5.74) is 0.557. The topological polar surface area (TPSA) is 73.8 Å². The molecular weight excluding hydrogens is 310 g/mol. The van der Waals surface area contributed by atoms with Gasteiger partial charge in [0, 0.05) is 13.0 Å². The Hall–Kier alpha value is -2.83. The van der Waals surface area contributed by atoms with Gasteiger partial charge in [0.15, 0.2) is 0 Å². The molecule has 1 aliphatic rings. The van der Waals surface area contributed by atoms with Gasteiger partial charge in [0.2, 0.25) is 11.8 Å². The van der Waals surface area contributed by atoms with E-state index in [1.807, 2.05) is 12.1 Å². The average molecular weight is 329 g/mol. The number of carbonyl (C=O) groups is 1. The van der Waals surface area contributed by atoms with E-state index in [1.165, 1.54) is 19.5 Å². The second-order valence-electron chi connectivity index (χ2n) is 5.38. The summed E-state index contributed by atoms with van der Waals surface area (Å²) in [5, 5.41) is 0. The van der Waals surface area contributed by atoms with Crippen LogP contribution in [0.1, 0.15) is 16.8 Å². The molecule has 1 aromatic carbocycles. The van der Waals surface area contributed by atoms with Crippen LogP contribution in [-0.4, -0.2) is 54.2 Å². The average Bonchev–Trinajstić information content (AvgIpc) is 3.09. The van der Waals surface area contributed by atoms with E-state index in [0.29, 0.717) is 36.2 Å². The van der Waals surface area contributed by atoms with Crippen molar-refractivity contribution in [2.24, 2.45) is 0 Å². The standard InChI is InChI=1S/C17H19N3O4/c1-22-14-6-4-3-5-13(14)17(21)20-8-7-12(11-20)24-16-10-18-9-15(19-16)23-2/h3-6,9-10,12H,7-8,11H2,1-2H3. The molecule has 0 N–H and O–H groups in total. The third-order valence-electron chi connectivity index (χ3n) is 3.86. The molecule has 7 heteroatoms. The van der Waals surface area contributed by atoms with Gasteiger partial charge in [0.05, 0.1) is 38.7 Å². The Labute approximate surface area is 140 Å². The minimum atomic E-state index is -0.120. The first-order valence-corrected chi connectivity index (χ1v) is 7.66. The molecule has 0 bridgehead atoms. The van der Waals surface area contributed by atoms with Crippen LogP contribution in [0.2, 0.25) is 0 Å². The Kier molecular flexibility index (Phi) is 4.79. The molecule has 24 heavy (non-hydrogen) atoms. The molecule has 0 spiro atoms. The lowest BCUT2D eigenvalue weighted by atomic mass is 10.2. The highest BCUT2D eigenvalue weighted by Gasteiger charge is 2.29. The van der Waals surface area contributed by atoms with Crippen molar-refractivity contribution in [3.63, 3.8) is 0 Å². The van der Waals surface area contributed by atoms with Crippen molar-refractivity contribution in [3.8, 4) is 17.5 Å². The van der Waals surface area contributed by atoms with Crippen LogP contribution in [0.5, 0.6) is 17.5 Å². The van der Waals surface area contributed by atoms with Gasteiger partial charge in [-0.1, -0.05) is 12.1 Å². The Balaban J connectivity index is 1.65. The molecule has 0 saturated carbocycles. The summed E-state index contributed by atoms with van der Waals surface area (Å²) in [6.45, 7) is 1.12. The van der Waals surface area contributed by atoms with Crippen molar-refractivity contribution in [3.05, 3.63) is 42.2 Å². The fourth-order valence-electron chi connectivity index (χ4n) is 2.66. The molecule has 1 aromatic heterocycles. The fourth-order valence-corrected chi connectivity index (χ4v) is 2.66. The normalized spacial score (nSPS) is 16.8. The number of methoxy groups -OCH3 is 2. The van der Waals surface area contributed by atoms with Gasteiger partial charge in [0.1, 0.15) is 11.9 Å². The molecule has 0 radical (unpaired) electrons. The number of hydrogen-bond donors (Lipinski definition) is 0. The molecule has 1 amide bonds. The molecule has 1 saturated heterocycles. The maximum absolute atomic E-state index is 12.7. The van der Waals surface area contributed by atoms with Crippen molar-refractivity contribution in [2.75, 3.05) is 27.3 Å². The van der Waals surface area contributed by atoms with Crippen LogP contribution in [0, 0.1) is 0 Å². The number of rotatable bonds is 5. The van der Waals surface area contributed by atoms with Gasteiger partial charge in [-0.3, -0.25) is 9.78 Å². The largest absolute Gasteiger partial charge is 0.496 e. The van der Waals surface area contributed by atoms with Crippen LogP contribution in [0.15, 0.2) is 36.7 Å². The van der Waals surface area contributed by atoms with E-state index in [4.69, 9.17) is 14.2 Å². The van der Waals surface area contributed by atoms with Gasteiger partial charge >= 0.3 is 0 Å². The SMILES string of the molecule is COc1cncc(OC2CCN(C(=O)c3ccccc3OC)C2)n1. The predicted molar refractivity (Wildman–Crippen MR) is 86.5 cm³/mol. The summed E-state index contributed by atoms with van der Waals surface area (Å²) in [4.78, 5) is 22.6. The van der Waals surface area contributed by atoms with Gasteiger partial charge in [-0.05, 0) is 12.1 Å². The van der Waals surface area contributed by atoms with Crippen LogP contribution in [0.3, 0.4) is 0 Å². The van der Waals surface area contributed by atoms with E-state index in [-0.39, 0.29) is 12.0 Å². The number of benzene rings is 1. The number of likely N-dealkylation sites (tertiary alicyclic amines) is 1. The van der Waals surface area contributed by atoms with E-state index >= 15 is 0 Å². The van der Waals surface area contributed by atoms with Crippen LogP contribution < -0.4 is 14.2 Å². The zero-order valence-electron chi connectivity index (χ0n) is 13.6. The smallest absolute Gasteiger partial charge is 0.257 e.